The van der Waals surface area contributed by atoms with Crippen molar-refractivity contribution >= 4 is 11.5 Å². The second kappa shape index (κ2) is 5.24. The zero-order valence-electron chi connectivity index (χ0n) is 10.9. The van der Waals surface area contributed by atoms with Crippen LogP contribution in [0.3, 0.4) is 0 Å². The molecule has 102 valence electrons. The third kappa shape index (κ3) is 2.37. The van der Waals surface area contributed by atoms with Crippen molar-refractivity contribution < 1.29 is 9.66 Å². The maximum absolute atomic E-state index is 11.2. The molecule has 2 rings (SSSR count). The third-order valence-electron chi connectivity index (χ3n) is 3.06. The van der Waals surface area contributed by atoms with Crippen LogP contribution in [-0.4, -0.2) is 40.5 Å². The van der Waals surface area contributed by atoms with E-state index in [0.717, 1.165) is 0 Å². The van der Waals surface area contributed by atoms with E-state index < -0.39 is 11.0 Å². The minimum atomic E-state index is -0.561. The van der Waals surface area contributed by atoms with Gasteiger partial charge in [0.2, 0.25) is 5.82 Å². The van der Waals surface area contributed by atoms with Gasteiger partial charge in [0.25, 0.3) is 0 Å². The van der Waals surface area contributed by atoms with Crippen LogP contribution in [0.5, 0.6) is 0 Å². The minimum Gasteiger partial charge on any atom is -0.360 e. The largest absolute Gasteiger partial charge is 0.360 e. The number of rotatable bonds is 3. The third-order valence-corrected chi connectivity index (χ3v) is 3.06. The lowest BCUT2D eigenvalue weighted by Gasteiger charge is -2.30. The lowest BCUT2D eigenvalue weighted by Crippen LogP contribution is -2.43. The number of anilines is 1. The fraction of sp³-hybridized carbons (Fsp3) is 0.636. The highest BCUT2D eigenvalue weighted by Crippen LogP contribution is 2.32. The van der Waals surface area contributed by atoms with Gasteiger partial charge in [-0.15, -0.1) is 0 Å². The van der Waals surface area contributed by atoms with Crippen molar-refractivity contribution in [2.75, 3.05) is 24.6 Å². The van der Waals surface area contributed by atoms with Crippen LogP contribution in [0.25, 0.3) is 0 Å². The van der Waals surface area contributed by atoms with Crippen molar-refractivity contribution in [1.29, 1.82) is 5.26 Å². The molecule has 1 atom stereocenters. The molecule has 0 amide bonds. The number of nitro groups is 1. The van der Waals surface area contributed by atoms with Crippen LogP contribution < -0.4 is 4.90 Å². The van der Waals surface area contributed by atoms with Crippen molar-refractivity contribution in [2.24, 2.45) is 0 Å². The van der Waals surface area contributed by atoms with Crippen molar-refractivity contribution in [3.05, 3.63) is 15.8 Å². The summed E-state index contributed by atoms with van der Waals surface area (Å²) >= 11 is 0. The molecule has 8 heteroatoms. The van der Waals surface area contributed by atoms with Gasteiger partial charge in [0.15, 0.2) is 6.10 Å². The average molecular weight is 265 g/mol. The maximum Gasteiger partial charge on any atom is 0.333 e. The van der Waals surface area contributed by atoms with Crippen molar-refractivity contribution in [3.63, 3.8) is 0 Å². The van der Waals surface area contributed by atoms with Gasteiger partial charge in [-0.25, -0.2) is 4.68 Å². The van der Waals surface area contributed by atoms with Crippen LogP contribution in [-0.2, 0) is 11.3 Å². The predicted molar refractivity (Wildman–Crippen MR) is 66.9 cm³/mol. The zero-order valence-corrected chi connectivity index (χ0v) is 10.9. The second-order valence-corrected chi connectivity index (χ2v) is 4.27. The van der Waals surface area contributed by atoms with E-state index in [4.69, 9.17) is 10.00 Å². The monoisotopic (exact) mass is 265 g/mol. The molecule has 0 bridgehead atoms. The predicted octanol–water partition coefficient (Wildman–Crippen LogP) is 0.848. The second-order valence-electron chi connectivity index (χ2n) is 4.27. The summed E-state index contributed by atoms with van der Waals surface area (Å²) in [6, 6.07) is 2.03. The molecule has 19 heavy (non-hydrogen) atoms. The van der Waals surface area contributed by atoms with E-state index in [1.807, 2.05) is 13.0 Å². The summed E-state index contributed by atoms with van der Waals surface area (Å²) < 4.78 is 6.86. The fourth-order valence-electron chi connectivity index (χ4n) is 2.23. The summed E-state index contributed by atoms with van der Waals surface area (Å²) in [6.45, 7) is 5.26. The molecule has 1 aliphatic heterocycles. The normalized spacial score (nSPS) is 19.2. The van der Waals surface area contributed by atoms with E-state index in [1.54, 1.807) is 16.5 Å². The lowest BCUT2D eigenvalue weighted by molar-refractivity contribution is -0.384. The van der Waals surface area contributed by atoms with E-state index in [2.05, 4.69) is 5.10 Å². The molecule has 0 radical (unpaired) electrons. The first-order chi connectivity index (χ1) is 9.08. The van der Waals surface area contributed by atoms with Crippen LogP contribution in [0.4, 0.5) is 11.5 Å². The van der Waals surface area contributed by atoms with Crippen LogP contribution in [0.1, 0.15) is 12.6 Å². The summed E-state index contributed by atoms with van der Waals surface area (Å²) in [4.78, 5) is 12.6. The Balaban J connectivity index is 2.42. The summed E-state index contributed by atoms with van der Waals surface area (Å²) in [5.74, 6) is 0.466. The molecule has 1 aromatic heterocycles. The number of hydrogen-bond acceptors (Lipinski definition) is 6. The van der Waals surface area contributed by atoms with Gasteiger partial charge in [-0.1, -0.05) is 0 Å². The molecule has 0 saturated carbocycles. The summed E-state index contributed by atoms with van der Waals surface area (Å²) in [7, 11) is 0. The number of nitrogens with zero attached hydrogens (tertiary/aromatic N) is 5. The smallest absolute Gasteiger partial charge is 0.333 e. The van der Waals surface area contributed by atoms with E-state index in [-0.39, 0.29) is 5.69 Å². The highest BCUT2D eigenvalue weighted by molar-refractivity contribution is 5.61. The molecule has 0 aliphatic carbocycles. The molecule has 0 spiro atoms. The summed E-state index contributed by atoms with van der Waals surface area (Å²) in [5.41, 5.74) is 0.405. The number of aryl methyl sites for hydroxylation is 2. The molecule has 1 aromatic rings. The van der Waals surface area contributed by atoms with Gasteiger partial charge in [0, 0.05) is 13.1 Å². The number of hydrogen-bond donors (Lipinski definition) is 0. The first kappa shape index (κ1) is 13.3. The van der Waals surface area contributed by atoms with Crippen LogP contribution in [0.15, 0.2) is 0 Å². The van der Waals surface area contributed by atoms with E-state index in [9.17, 15) is 10.1 Å². The average Bonchev–Trinajstić information content (AvgIpc) is 2.75. The Kier molecular flexibility index (Phi) is 3.66. The van der Waals surface area contributed by atoms with Crippen LogP contribution in [0, 0.1) is 28.4 Å². The highest BCUT2D eigenvalue weighted by Gasteiger charge is 2.32. The lowest BCUT2D eigenvalue weighted by atomic mass is 10.2. The molecule has 2 heterocycles. The number of aromatic nitrogens is 2. The van der Waals surface area contributed by atoms with Gasteiger partial charge < -0.3 is 9.64 Å². The van der Waals surface area contributed by atoms with Crippen molar-refractivity contribution in [1.82, 2.24) is 9.78 Å². The molecule has 0 N–H and O–H groups in total. The quantitative estimate of drug-likeness (QED) is 0.593. The number of morpholine rings is 1. The van der Waals surface area contributed by atoms with Gasteiger partial charge in [-0.2, -0.15) is 10.4 Å². The Hall–Kier alpha value is -2.14. The fourth-order valence-corrected chi connectivity index (χ4v) is 2.23. The van der Waals surface area contributed by atoms with Crippen molar-refractivity contribution in [2.45, 2.75) is 26.5 Å². The molecule has 1 saturated heterocycles. The minimum absolute atomic E-state index is 0.0143. The van der Waals surface area contributed by atoms with E-state index in [0.29, 0.717) is 37.8 Å². The molecular formula is C11H15N5O3. The van der Waals surface area contributed by atoms with E-state index >= 15 is 0 Å². The van der Waals surface area contributed by atoms with Crippen molar-refractivity contribution in [3.8, 4) is 6.07 Å². The Bertz CT molecular complexity index is 533. The first-order valence-electron chi connectivity index (χ1n) is 6.06. The molecule has 8 nitrogen and oxygen atoms in total. The summed E-state index contributed by atoms with van der Waals surface area (Å²) in [6.07, 6.45) is -0.561. The number of ether oxygens (including phenoxy) is 1. The Morgan fingerprint density at radius 3 is 3.00 bits per heavy atom. The van der Waals surface area contributed by atoms with Crippen LogP contribution >= 0.6 is 0 Å². The van der Waals surface area contributed by atoms with Gasteiger partial charge >= 0.3 is 5.69 Å². The molecule has 1 fully saturated rings. The Morgan fingerprint density at radius 2 is 2.42 bits per heavy atom. The topological polar surface area (TPSA) is 97.2 Å². The zero-order chi connectivity index (χ0) is 14.0. The Labute approximate surface area is 110 Å². The first-order valence-corrected chi connectivity index (χ1v) is 6.06. The number of nitriles is 1. The molecule has 0 aromatic carbocycles. The van der Waals surface area contributed by atoms with E-state index in [1.165, 1.54) is 0 Å². The van der Waals surface area contributed by atoms with Gasteiger partial charge in [0.05, 0.1) is 24.1 Å². The van der Waals surface area contributed by atoms with Gasteiger partial charge in [0.1, 0.15) is 5.69 Å². The Morgan fingerprint density at radius 1 is 1.68 bits per heavy atom. The summed E-state index contributed by atoms with van der Waals surface area (Å²) in [5, 5.41) is 24.3. The molecule has 1 aliphatic rings. The molecule has 1 unspecified atom stereocenters. The van der Waals surface area contributed by atoms with Crippen LogP contribution in [0.2, 0.25) is 0 Å². The maximum atomic E-state index is 11.2. The van der Waals surface area contributed by atoms with Gasteiger partial charge in [-0.05, 0) is 13.8 Å². The highest BCUT2D eigenvalue weighted by atomic mass is 16.6. The SMILES string of the molecule is CCn1nc(C)c([N+](=O)[O-])c1N1CCOC(C#N)C1. The standard InChI is InChI=1S/C11H15N5O3/c1-3-15-11(10(16(17)18)8(2)13-15)14-4-5-19-9(6-12)7-14/h9H,3-5,7H2,1-2H3. The molecular weight excluding hydrogens is 250 g/mol. The van der Waals surface area contributed by atoms with Gasteiger partial charge in [-0.3, -0.25) is 10.1 Å².